The molecule has 1 aliphatic rings. The summed E-state index contributed by atoms with van der Waals surface area (Å²) in [6.07, 6.45) is 4.55. The van der Waals surface area contributed by atoms with Crippen molar-refractivity contribution in [1.82, 2.24) is 10.6 Å². The maximum Gasteiger partial charge on any atom is 0.251 e. The average molecular weight is 346 g/mol. The van der Waals surface area contributed by atoms with Gasteiger partial charge >= 0.3 is 0 Å². The standard InChI is InChI=1S/C20H30N2O3/c1-13(2)18(20(24)21-17-8-6-5-7-14(17)3)22-19(23)15-9-11-16(25-4)12-10-15/h9-14,17-18H,5-8H2,1-4H3,(H,21,24)(H,22,23). The Morgan fingerprint density at radius 3 is 2.32 bits per heavy atom. The third-order valence-electron chi connectivity index (χ3n) is 5.03. The first-order valence-corrected chi connectivity index (χ1v) is 9.17. The number of hydrogen-bond donors (Lipinski definition) is 2. The molecule has 138 valence electrons. The molecule has 1 fully saturated rings. The van der Waals surface area contributed by atoms with E-state index in [1.54, 1.807) is 31.4 Å². The summed E-state index contributed by atoms with van der Waals surface area (Å²) in [5, 5.41) is 6.03. The van der Waals surface area contributed by atoms with Crippen molar-refractivity contribution in [1.29, 1.82) is 0 Å². The number of methoxy groups -OCH3 is 1. The van der Waals surface area contributed by atoms with E-state index in [1.807, 2.05) is 13.8 Å². The van der Waals surface area contributed by atoms with Crippen molar-refractivity contribution in [3.63, 3.8) is 0 Å². The van der Waals surface area contributed by atoms with Crippen LogP contribution in [0.4, 0.5) is 0 Å². The molecule has 0 radical (unpaired) electrons. The van der Waals surface area contributed by atoms with Gasteiger partial charge in [-0.1, -0.05) is 33.6 Å². The van der Waals surface area contributed by atoms with Gasteiger partial charge in [0.2, 0.25) is 5.91 Å². The van der Waals surface area contributed by atoms with Gasteiger partial charge in [-0.15, -0.1) is 0 Å². The van der Waals surface area contributed by atoms with Crippen LogP contribution < -0.4 is 15.4 Å². The first kappa shape index (κ1) is 19.3. The van der Waals surface area contributed by atoms with Crippen LogP contribution in [-0.2, 0) is 4.79 Å². The molecule has 3 atom stereocenters. The largest absolute Gasteiger partial charge is 0.497 e. The second-order valence-electron chi connectivity index (χ2n) is 7.30. The van der Waals surface area contributed by atoms with Crippen LogP contribution in [0, 0.1) is 11.8 Å². The zero-order valence-corrected chi connectivity index (χ0v) is 15.7. The van der Waals surface area contributed by atoms with Crippen LogP contribution in [0.1, 0.15) is 56.8 Å². The number of nitrogens with one attached hydrogen (secondary N) is 2. The van der Waals surface area contributed by atoms with Crippen LogP contribution in [0.5, 0.6) is 5.75 Å². The number of hydrogen-bond acceptors (Lipinski definition) is 3. The lowest BCUT2D eigenvalue weighted by molar-refractivity contribution is -0.125. The molecule has 0 aromatic heterocycles. The Balaban J connectivity index is 2.01. The van der Waals surface area contributed by atoms with Crippen molar-refractivity contribution in [3.8, 4) is 5.75 Å². The Morgan fingerprint density at radius 1 is 1.12 bits per heavy atom. The number of amides is 2. The van der Waals surface area contributed by atoms with Gasteiger partial charge in [-0.05, 0) is 48.9 Å². The fourth-order valence-corrected chi connectivity index (χ4v) is 3.31. The molecule has 5 nitrogen and oxygen atoms in total. The monoisotopic (exact) mass is 346 g/mol. The maximum absolute atomic E-state index is 12.7. The summed E-state index contributed by atoms with van der Waals surface area (Å²) < 4.78 is 5.11. The van der Waals surface area contributed by atoms with Gasteiger partial charge in [0.1, 0.15) is 11.8 Å². The first-order valence-electron chi connectivity index (χ1n) is 9.17. The van der Waals surface area contributed by atoms with Gasteiger partial charge in [0, 0.05) is 11.6 Å². The molecule has 2 N–H and O–H groups in total. The van der Waals surface area contributed by atoms with E-state index in [0.717, 1.165) is 19.3 Å². The zero-order chi connectivity index (χ0) is 18.4. The molecular formula is C20H30N2O3. The summed E-state index contributed by atoms with van der Waals surface area (Å²) in [7, 11) is 1.58. The second-order valence-corrected chi connectivity index (χ2v) is 7.30. The Hall–Kier alpha value is -2.04. The van der Waals surface area contributed by atoms with E-state index in [1.165, 1.54) is 6.42 Å². The molecule has 0 spiro atoms. The van der Waals surface area contributed by atoms with Crippen LogP contribution in [0.15, 0.2) is 24.3 Å². The number of rotatable bonds is 6. The normalized spacial score (nSPS) is 21.5. The van der Waals surface area contributed by atoms with E-state index in [9.17, 15) is 9.59 Å². The first-order chi connectivity index (χ1) is 11.9. The lowest BCUT2D eigenvalue weighted by atomic mass is 9.85. The Kier molecular flexibility index (Phi) is 6.85. The minimum atomic E-state index is -0.538. The molecule has 1 aliphatic carbocycles. The molecule has 1 aromatic rings. The van der Waals surface area contributed by atoms with Crippen molar-refractivity contribution in [2.75, 3.05) is 7.11 Å². The van der Waals surface area contributed by atoms with Gasteiger partial charge in [-0.2, -0.15) is 0 Å². The third kappa shape index (κ3) is 5.21. The molecular weight excluding hydrogens is 316 g/mol. The van der Waals surface area contributed by atoms with Crippen molar-refractivity contribution in [2.24, 2.45) is 11.8 Å². The highest BCUT2D eigenvalue weighted by atomic mass is 16.5. The van der Waals surface area contributed by atoms with E-state index in [0.29, 0.717) is 17.2 Å². The van der Waals surface area contributed by atoms with Crippen LogP contribution in [-0.4, -0.2) is 31.0 Å². The highest BCUT2D eigenvalue weighted by molar-refractivity contribution is 5.97. The lowest BCUT2D eigenvalue weighted by Gasteiger charge is -2.32. The van der Waals surface area contributed by atoms with Gasteiger partial charge in [0.15, 0.2) is 0 Å². The number of carbonyl (C=O) groups is 2. The van der Waals surface area contributed by atoms with Crippen LogP contribution in [0.3, 0.4) is 0 Å². The Morgan fingerprint density at radius 2 is 1.76 bits per heavy atom. The summed E-state index contributed by atoms with van der Waals surface area (Å²) in [5.74, 6) is 0.869. The molecule has 1 saturated carbocycles. The van der Waals surface area contributed by atoms with Crippen molar-refractivity contribution in [3.05, 3.63) is 29.8 Å². The van der Waals surface area contributed by atoms with E-state index in [2.05, 4.69) is 17.6 Å². The lowest BCUT2D eigenvalue weighted by Crippen LogP contribution is -2.53. The highest BCUT2D eigenvalue weighted by Gasteiger charge is 2.29. The smallest absolute Gasteiger partial charge is 0.251 e. The summed E-state index contributed by atoms with van der Waals surface area (Å²) in [5.41, 5.74) is 0.519. The van der Waals surface area contributed by atoms with E-state index in [-0.39, 0.29) is 23.8 Å². The van der Waals surface area contributed by atoms with Gasteiger partial charge < -0.3 is 15.4 Å². The number of benzene rings is 1. The molecule has 0 heterocycles. The summed E-state index contributed by atoms with van der Waals surface area (Å²) in [6.45, 7) is 6.08. The summed E-state index contributed by atoms with van der Waals surface area (Å²) in [6, 6.07) is 6.55. The average Bonchev–Trinajstić information content (AvgIpc) is 2.61. The maximum atomic E-state index is 12.7. The molecule has 3 unspecified atom stereocenters. The zero-order valence-electron chi connectivity index (χ0n) is 15.7. The Labute approximate surface area is 150 Å². The van der Waals surface area contributed by atoms with Crippen molar-refractivity contribution < 1.29 is 14.3 Å². The predicted molar refractivity (Wildman–Crippen MR) is 98.6 cm³/mol. The van der Waals surface area contributed by atoms with Crippen LogP contribution in [0.2, 0.25) is 0 Å². The van der Waals surface area contributed by atoms with Gasteiger partial charge in [-0.25, -0.2) is 0 Å². The topological polar surface area (TPSA) is 67.4 Å². The second kappa shape index (κ2) is 8.88. The van der Waals surface area contributed by atoms with E-state index in [4.69, 9.17) is 4.74 Å². The minimum absolute atomic E-state index is 0.0149. The van der Waals surface area contributed by atoms with Crippen molar-refractivity contribution >= 4 is 11.8 Å². The fourth-order valence-electron chi connectivity index (χ4n) is 3.31. The molecule has 0 saturated heterocycles. The SMILES string of the molecule is COc1ccc(C(=O)NC(C(=O)NC2CCCCC2C)C(C)C)cc1. The third-order valence-corrected chi connectivity index (χ3v) is 5.03. The number of ether oxygens (including phenoxy) is 1. The fraction of sp³-hybridized carbons (Fsp3) is 0.600. The quantitative estimate of drug-likeness (QED) is 0.831. The van der Waals surface area contributed by atoms with Gasteiger partial charge in [-0.3, -0.25) is 9.59 Å². The van der Waals surface area contributed by atoms with Crippen LogP contribution in [0.25, 0.3) is 0 Å². The van der Waals surface area contributed by atoms with E-state index >= 15 is 0 Å². The van der Waals surface area contributed by atoms with Crippen LogP contribution >= 0.6 is 0 Å². The molecule has 0 bridgehead atoms. The van der Waals surface area contributed by atoms with Gasteiger partial charge in [0.05, 0.1) is 7.11 Å². The van der Waals surface area contributed by atoms with Crippen molar-refractivity contribution in [2.45, 2.75) is 58.5 Å². The molecule has 1 aromatic carbocycles. The summed E-state index contributed by atoms with van der Waals surface area (Å²) >= 11 is 0. The minimum Gasteiger partial charge on any atom is -0.497 e. The van der Waals surface area contributed by atoms with E-state index < -0.39 is 6.04 Å². The number of carbonyl (C=O) groups excluding carboxylic acids is 2. The Bertz CT molecular complexity index is 583. The molecule has 2 rings (SSSR count). The molecule has 0 aliphatic heterocycles. The molecule has 2 amide bonds. The summed E-state index contributed by atoms with van der Waals surface area (Å²) in [4.78, 5) is 25.2. The molecule has 5 heteroatoms. The molecule has 25 heavy (non-hydrogen) atoms. The van der Waals surface area contributed by atoms with Gasteiger partial charge in [0.25, 0.3) is 5.91 Å². The highest BCUT2D eigenvalue weighted by Crippen LogP contribution is 2.24. The predicted octanol–water partition coefficient (Wildman–Crippen LogP) is 3.14.